The zero-order valence-electron chi connectivity index (χ0n) is 21.2. The predicted molar refractivity (Wildman–Crippen MR) is 144 cm³/mol. The lowest BCUT2D eigenvalue weighted by Gasteiger charge is -2.36. The minimum atomic E-state index is -0.296. The van der Waals surface area contributed by atoms with Gasteiger partial charge in [-0.05, 0) is 48.9 Å². The summed E-state index contributed by atoms with van der Waals surface area (Å²) in [6.45, 7) is 4.02. The van der Waals surface area contributed by atoms with Crippen LogP contribution in [0, 0.1) is 0 Å². The molecule has 1 unspecified atom stereocenters. The van der Waals surface area contributed by atoms with Gasteiger partial charge in [0, 0.05) is 49.6 Å². The summed E-state index contributed by atoms with van der Waals surface area (Å²) in [6.07, 6.45) is 0.851. The molecule has 2 aliphatic heterocycles. The van der Waals surface area contributed by atoms with E-state index in [1.807, 2.05) is 41.3 Å². The highest BCUT2D eigenvalue weighted by molar-refractivity contribution is 5.94. The van der Waals surface area contributed by atoms with Gasteiger partial charge in [-0.15, -0.1) is 0 Å². The third-order valence-electron chi connectivity index (χ3n) is 7.43. The Bertz CT molecular complexity index is 1470. The van der Waals surface area contributed by atoms with Crippen LogP contribution >= 0.6 is 0 Å². The van der Waals surface area contributed by atoms with Gasteiger partial charge >= 0.3 is 0 Å². The van der Waals surface area contributed by atoms with Crippen LogP contribution in [0.2, 0.25) is 0 Å². The summed E-state index contributed by atoms with van der Waals surface area (Å²) in [7, 11) is 1.45. The molecule has 2 fully saturated rings. The molecule has 0 radical (unpaired) electrons. The van der Waals surface area contributed by atoms with Gasteiger partial charge in [0.1, 0.15) is 5.82 Å². The number of ether oxygens (including phenoxy) is 2. The van der Waals surface area contributed by atoms with E-state index in [1.54, 1.807) is 6.07 Å². The Morgan fingerprint density at radius 1 is 1.03 bits per heavy atom. The van der Waals surface area contributed by atoms with Crippen LogP contribution < -0.4 is 9.64 Å². The van der Waals surface area contributed by atoms with Crippen molar-refractivity contribution in [3.63, 3.8) is 0 Å². The Kier molecular flexibility index (Phi) is 6.29. The standard InChI is InChI=1S/C29H30N4O5/c1-37-26-16-20(15-25(34)27(26)35)28-30-23-8-7-21(17-24(23)33(28)22-9-14-38-18-22)31-10-12-32(13-11-31)29(36)19-5-3-2-4-6-19/h2-8,15-17,22,34-35H,9-14,18H2,1H3. The summed E-state index contributed by atoms with van der Waals surface area (Å²) in [4.78, 5) is 22.0. The Hall–Kier alpha value is -4.24. The maximum Gasteiger partial charge on any atom is 0.253 e. The largest absolute Gasteiger partial charge is 0.504 e. The Balaban J connectivity index is 1.32. The first-order valence-corrected chi connectivity index (χ1v) is 12.8. The van der Waals surface area contributed by atoms with Crippen LogP contribution in [0.5, 0.6) is 17.2 Å². The third kappa shape index (κ3) is 4.28. The van der Waals surface area contributed by atoms with Crippen LogP contribution in [0.15, 0.2) is 60.7 Å². The normalized spacial score (nSPS) is 17.8. The Labute approximate surface area is 220 Å². The van der Waals surface area contributed by atoms with Crippen LogP contribution in [0.4, 0.5) is 5.69 Å². The van der Waals surface area contributed by atoms with Gasteiger partial charge in [0.05, 0.1) is 30.8 Å². The van der Waals surface area contributed by atoms with Gasteiger partial charge in [-0.25, -0.2) is 4.98 Å². The van der Waals surface area contributed by atoms with Crippen molar-refractivity contribution in [2.24, 2.45) is 0 Å². The van der Waals surface area contributed by atoms with Crippen LogP contribution in [0.3, 0.4) is 0 Å². The number of aromatic hydroxyl groups is 2. The van der Waals surface area contributed by atoms with Crippen LogP contribution in [0.1, 0.15) is 22.8 Å². The molecule has 9 heteroatoms. The third-order valence-corrected chi connectivity index (χ3v) is 7.43. The summed E-state index contributed by atoms with van der Waals surface area (Å²) in [6, 6.07) is 18.9. The Morgan fingerprint density at radius 2 is 1.82 bits per heavy atom. The van der Waals surface area contributed by atoms with Crippen molar-refractivity contribution in [3.05, 3.63) is 66.2 Å². The van der Waals surface area contributed by atoms with E-state index in [1.165, 1.54) is 13.2 Å². The molecule has 9 nitrogen and oxygen atoms in total. The molecule has 0 saturated carbocycles. The molecule has 0 aliphatic carbocycles. The van der Waals surface area contributed by atoms with Gasteiger partial charge in [0.15, 0.2) is 11.5 Å². The number of carbonyl (C=O) groups is 1. The zero-order valence-corrected chi connectivity index (χ0v) is 21.2. The van der Waals surface area contributed by atoms with Gasteiger partial charge in [0.2, 0.25) is 5.75 Å². The van der Waals surface area contributed by atoms with E-state index in [4.69, 9.17) is 14.5 Å². The molecule has 1 amide bonds. The van der Waals surface area contributed by atoms with E-state index >= 15 is 0 Å². The monoisotopic (exact) mass is 514 g/mol. The number of fused-ring (bicyclic) bond motifs is 1. The lowest BCUT2D eigenvalue weighted by atomic mass is 10.1. The van der Waals surface area contributed by atoms with E-state index < -0.39 is 0 Å². The lowest BCUT2D eigenvalue weighted by molar-refractivity contribution is 0.0747. The average Bonchev–Trinajstić information content (AvgIpc) is 3.62. The van der Waals surface area contributed by atoms with Gasteiger partial charge in [-0.1, -0.05) is 18.2 Å². The van der Waals surface area contributed by atoms with Crippen molar-refractivity contribution in [3.8, 4) is 28.6 Å². The molecule has 3 heterocycles. The van der Waals surface area contributed by atoms with Gasteiger partial charge in [0.25, 0.3) is 5.91 Å². The summed E-state index contributed by atoms with van der Waals surface area (Å²) in [5.41, 5.74) is 4.24. The number of aromatic nitrogens is 2. The van der Waals surface area contributed by atoms with Crippen molar-refractivity contribution in [2.75, 3.05) is 51.4 Å². The molecule has 3 aromatic carbocycles. The van der Waals surface area contributed by atoms with Crippen molar-refractivity contribution < 1.29 is 24.5 Å². The van der Waals surface area contributed by atoms with E-state index in [-0.39, 0.29) is 29.2 Å². The van der Waals surface area contributed by atoms with Crippen molar-refractivity contribution in [2.45, 2.75) is 12.5 Å². The van der Waals surface area contributed by atoms with Gasteiger partial charge in [-0.2, -0.15) is 0 Å². The highest BCUT2D eigenvalue weighted by Gasteiger charge is 2.27. The first-order valence-electron chi connectivity index (χ1n) is 12.8. The maximum atomic E-state index is 12.9. The summed E-state index contributed by atoms with van der Waals surface area (Å²) in [5.74, 6) is 0.376. The quantitative estimate of drug-likeness (QED) is 0.388. The molecule has 1 atom stereocenters. The number of phenolic OH excluding ortho intramolecular Hbond substituents is 2. The SMILES string of the molecule is COc1cc(-c2nc3ccc(N4CCN(C(=O)c5ccccc5)CC4)cc3n2C2CCOC2)cc(O)c1O. The molecular weight excluding hydrogens is 484 g/mol. The summed E-state index contributed by atoms with van der Waals surface area (Å²) >= 11 is 0. The second-order valence-electron chi connectivity index (χ2n) is 9.69. The number of carbonyl (C=O) groups excluding carboxylic acids is 1. The molecule has 0 bridgehead atoms. The summed E-state index contributed by atoms with van der Waals surface area (Å²) < 4.78 is 13.2. The maximum absolute atomic E-state index is 12.9. The smallest absolute Gasteiger partial charge is 0.253 e. The minimum Gasteiger partial charge on any atom is -0.504 e. The minimum absolute atomic E-state index is 0.0669. The van der Waals surface area contributed by atoms with Crippen LogP contribution in [-0.2, 0) is 4.74 Å². The second-order valence-corrected chi connectivity index (χ2v) is 9.69. The number of nitrogens with zero attached hydrogens (tertiary/aromatic N) is 4. The predicted octanol–water partition coefficient (Wildman–Crippen LogP) is 4.05. The molecule has 2 saturated heterocycles. The number of hydrogen-bond acceptors (Lipinski definition) is 7. The number of hydrogen-bond donors (Lipinski definition) is 2. The molecule has 4 aromatic rings. The topological polar surface area (TPSA) is 100 Å². The summed E-state index contributed by atoms with van der Waals surface area (Å²) in [5, 5.41) is 20.5. The Morgan fingerprint density at radius 3 is 2.53 bits per heavy atom. The van der Waals surface area contributed by atoms with Crippen molar-refractivity contribution in [1.29, 1.82) is 0 Å². The number of phenols is 2. The fraction of sp³-hybridized carbons (Fsp3) is 0.310. The van der Waals surface area contributed by atoms with E-state index in [2.05, 4.69) is 21.6 Å². The van der Waals surface area contributed by atoms with Crippen molar-refractivity contribution >= 4 is 22.6 Å². The first kappa shape index (κ1) is 24.1. The fourth-order valence-corrected chi connectivity index (χ4v) is 5.39. The molecule has 38 heavy (non-hydrogen) atoms. The molecule has 1 aromatic heterocycles. The van der Waals surface area contributed by atoms with Gasteiger partial charge in [-0.3, -0.25) is 4.79 Å². The first-order chi connectivity index (χ1) is 18.5. The lowest BCUT2D eigenvalue weighted by Crippen LogP contribution is -2.48. The zero-order chi connectivity index (χ0) is 26.2. The fourth-order valence-electron chi connectivity index (χ4n) is 5.39. The molecule has 2 aliphatic rings. The number of imidazole rings is 1. The van der Waals surface area contributed by atoms with E-state index in [0.717, 1.165) is 41.8 Å². The van der Waals surface area contributed by atoms with E-state index in [9.17, 15) is 15.0 Å². The number of amides is 1. The molecule has 0 spiro atoms. The second kappa shape index (κ2) is 9.90. The number of benzene rings is 3. The van der Waals surface area contributed by atoms with Gasteiger partial charge < -0.3 is 34.1 Å². The molecule has 2 N–H and O–H groups in total. The van der Waals surface area contributed by atoms with Crippen molar-refractivity contribution in [1.82, 2.24) is 14.5 Å². The van der Waals surface area contributed by atoms with Crippen LogP contribution in [0.25, 0.3) is 22.4 Å². The van der Waals surface area contributed by atoms with E-state index in [0.29, 0.717) is 37.7 Å². The number of piperazine rings is 1. The molecule has 6 rings (SSSR count). The highest BCUT2D eigenvalue weighted by Crippen LogP contribution is 2.41. The number of methoxy groups -OCH3 is 1. The van der Waals surface area contributed by atoms with Crippen LogP contribution in [-0.4, -0.2) is 77.1 Å². The number of anilines is 1. The average molecular weight is 515 g/mol. The highest BCUT2D eigenvalue weighted by atomic mass is 16.5. The molecule has 196 valence electrons. The molecular formula is C29H30N4O5. The number of rotatable bonds is 5.